The van der Waals surface area contributed by atoms with Crippen LogP contribution < -0.4 is 5.73 Å². The second kappa shape index (κ2) is 10.8. The van der Waals surface area contributed by atoms with E-state index in [1.807, 2.05) is 0 Å². The van der Waals surface area contributed by atoms with E-state index in [-0.39, 0.29) is 5.54 Å². The largest absolute Gasteiger partial charge is 0.326 e. The van der Waals surface area contributed by atoms with Crippen molar-refractivity contribution >= 4 is 0 Å². The summed E-state index contributed by atoms with van der Waals surface area (Å²) >= 11 is 0. The average Bonchev–Trinajstić information content (AvgIpc) is 2.29. The van der Waals surface area contributed by atoms with Crippen molar-refractivity contribution in [3.8, 4) is 0 Å². The Morgan fingerprint density at radius 1 is 0.778 bits per heavy atom. The molecule has 0 bridgehead atoms. The van der Waals surface area contributed by atoms with Crippen molar-refractivity contribution in [2.24, 2.45) is 11.7 Å². The highest BCUT2D eigenvalue weighted by atomic mass is 14.7. The molecule has 0 aromatic heterocycles. The predicted molar refractivity (Wildman–Crippen MR) is 83.9 cm³/mol. The fraction of sp³-hybridized carbons (Fsp3) is 1.00. The van der Waals surface area contributed by atoms with Crippen molar-refractivity contribution in [1.82, 2.24) is 0 Å². The van der Waals surface area contributed by atoms with E-state index in [0.29, 0.717) is 0 Å². The van der Waals surface area contributed by atoms with Gasteiger partial charge in [0.15, 0.2) is 0 Å². The summed E-state index contributed by atoms with van der Waals surface area (Å²) < 4.78 is 0. The molecule has 1 atom stereocenters. The number of rotatable bonds is 12. The Morgan fingerprint density at radius 3 is 1.89 bits per heavy atom. The van der Waals surface area contributed by atoms with Crippen molar-refractivity contribution in [1.29, 1.82) is 0 Å². The minimum Gasteiger partial charge on any atom is -0.326 e. The molecule has 0 aliphatic rings. The third-order valence-electron chi connectivity index (χ3n) is 3.87. The monoisotopic (exact) mass is 255 g/mol. The molecule has 0 aromatic rings. The molecule has 110 valence electrons. The van der Waals surface area contributed by atoms with Gasteiger partial charge in [0.1, 0.15) is 0 Å². The Morgan fingerprint density at radius 2 is 1.33 bits per heavy atom. The zero-order valence-corrected chi connectivity index (χ0v) is 13.4. The lowest BCUT2D eigenvalue weighted by atomic mass is 9.88. The summed E-state index contributed by atoms with van der Waals surface area (Å²) in [5, 5.41) is 0. The first-order valence-corrected chi connectivity index (χ1v) is 8.28. The van der Waals surface area contributed by atoms with Gasteiger partial charge in [0, 0.05) is 5.54 Å². The smallest absolute Gasteiger partial charge is 0.00970 e. The third kappa shape index (κ3) is 12.4. The highest BCUT2D eigenvalue weighted by molar-refractivity contribution is 4.72. The highest BCUT2D eigenvalue weighted by Crippen LogP contribution is 2.24. The van der Waals surface area contributed by atoms with E-state index in [4.69, 9.17) is 5.73 Å². The third-order valence-corrected chi connectivity index (χ3v) is 3.87. The van der Waals surface area contributed by atoms with Gasteiger partial charge in [-0.25, -0.2) is 0 Å². The number of hydrogen-bond acceptors (Lipinski definition) is 1. The van der Waals surface area contributed by atoms with Crippen LogP contribution in [0, 0.1) is 5.92 Å². The number of unbranched alkanes of at least 4 members (excludes halogenated alkanes) is 4. The van der Waals surface area contributed by atoms with Gasteiger partial charge in [0.05, 0.1) is 0 Å². The maximum absolute atomic E-state index is 6.06. The van der Waals surface area contributed by atoms with E-state index in [0.717, 1.165) is 5.92 Å². The van der Waals surface area contributed by atoms with Gasteiger partial charge in [-0.1, -0.05) is 78.1 Å². The molecule has 0 saturated heterocycles. The first kappa shape index (κ1) is 18.0. The van der Waals surface area contributed by atoms with Gasteiger partial charge >= 0.3 is 0 Å². The van der Waals surface area contributed by atoms with E-state index in [1.54, 1.807) is 0 Å². The Labute approximate surface area is 116 Å². The minimum atomic E-state index is 0.0253. The summed E-state index contributed by atoms with van der Waals surface area (Å²) in [5.74, 6) is 0.962. The highest BCUT2D eigenvalue weighted by Gasteiger charge is 2.13. The maximum Gasteiger partial charge on any atom is 0.00970 e. The SMILES string of the molecule is CCCCCCC(CCCC)CCCC(C)(C)N. The molecule has 0 aliphatic heterocycles. The summed E-state index contributed by atoms with van der Waals surface area (Å²) in [4.78, 5) is 0. The van der Waals surface area contributed by atoms with Crippen LogP contribution in [0.15, 0.2) is 0 Å². The molecule has 18 heavy (non-hydrogen) atoms. The van der Waals surface area contributed by atoms with Crippen molar-refractivity contribution in [2.45, 2.75) is 104 Å². The lowest BCUT2D eigenvalue weighted by molar-refractivity contribution is 0.351. The quantitative estimate of drug-likeness (QED) is 0.447. The standard InChI is InChI=1S/C17H37N/c1-5-7-9-10-13-16(12-8-6-2)14-11-15-17(3,4)18/h16H,5-15,18H2,1-4H3. The van der Waals surface area contributed by atoms with Crippen LogP contribution in [0.5, 0.6) is 0 Å². The Balaban J connectivity index is 3.76. The zero-order chi connectivity index (χ0) is 13.9. The van der Waals surface area contributed by atoms with Gasteiger partial charge in [-0.05, 0) is 26.2 Å². The van der Waals surface area contributed by atoms with Gasteiger partial charge in [-0.3, -0.25) is 0 Å². The Hall–Kier alpha value is -0.0400. The van der Waals surface area contributed by atoms with Crippen LogP contribution >= 0.6 is 0 Å². The van der Waals surface area contributed by atoms with E-state index in [9.17, 15) is 0 Å². The predicted octanol–water partition coefficient (Wildman–Crippen LogP) is 5.67. The molecule has 0 heterocycles. The minimum absolute atomic E-state index is 0.0253. The second-order valence-corrected chi connectivity index (χ2v) is 6.74. The van der Waals surface area contributed by atoms with Crippen LogP contribution in [-0.4, -0.2) is 5.54 Å². The van der Waals surface area contributed by atoms with E-state index in [1.165, 1.54) is 70.6 Å². The van der Waals surface area contributed by atoms with Crippen molar-refractivity contribution < 1.29 is 0 Å². The zero-order valence-electron chi connectivity index (χ0n) is 13.4. The number of nitrogens with two attached hydrogens (primary N) is 1. The van der Waals surface area contributed by atoms with Crippen LogP contribution in [0.4, 0.5) is 0 Å². The molecule has 1 unspecified atom stereocenters. The normalized spacial score (nSPS) is 13.8. The van der Waals surface area contributed by atoms with E-state index >= 15 is 0 Å². The molecule has 0 amide bonds. The van der Waals surface area contributed by atoms with Gasteiger partial charge in [-0.2, -0.15) is 0 Å². The molecule has 2 N–H and O–H groups in total. The molecular formula is C17H37N. The average molecular weight is 255 g/mol. The van der Waals surface area contributed by atoms with Crippen LogP contribution in [0.1, 0.15) is 98.3 Å². The molecule has 0 spiro atoms. The molecule has 0 rings (SSSR count). The van der Waals surface area contributed by atoms with Gasteiger partial charge in [0.25, 0.3) is 0 Å². The first-order chi connectivity index (χ1) is 8.49. The van der Waals surface area contributed by atoms with E-state index < -0.39 is 0 Å². The van der Waals surface area contributed by atoms with Gasteiger partial charge < -0.3 is 5.73 Å². The van der Waals surface area contributed by atoms with E-state index in [2.05, 4.69) is 27.7 Å². The summed E-state index contributed by atoms with van der Waals surface area (Å²) in [5.41, 5.74) is 6.09. The van der Waals surface area contributed by atoms with Gasteiger partial charge in [0.2, 0.25) is 0 Å². The maximum atomic E-state index is 6.06. The van der Waals surface area contributed by atoms with Crippen molar-refractivity contribution in [3.05, 3.63) is 0 Å². The first-order valence-electron chi connectivity index (χ1n) is 8.28. The molecule has 0 radical (unpaired) electrons. The topological polar surface area (TPSA) is 26.0 Å². The Kier molecular flexibility index (Phi) is 10.8. The van der Waals surface area contributed by atoms with Crippen molar-refractivity contribution in [3.63, 3.8) is 0 Å². The van der Waals surface area contributed by atoms with Gasteiger partial charge in [-0.15, -0.1) is 0 Å². The Bertz CT molecular complexity index is 169. The van der Waals surface area contributed by atoms with Crippen molar-refractivity contribution in [2.75, 3.05) is 0 Å². The number of hydrogen-bond donors (Lipinski definition) is 1. The molecule has 1 heteroatoms. The summed E-state index contributed by atoms with van der Waals surface area (Å²) in [7, 11) is 0. The van der Waals surface area contributed by atoms with Crippen LogP contribution in [0.2, 0.25) is 0 Å². The molecule has 0 aliphatic carbocycles. The lowest BCUT2D eigenvalue weighted by Crippen LogP contribution is -2.31. The summed E-state index contributed by atoms with van der Waals surface area (Å²) in [6.07, 6.45) is 15.1. The fourth-order valence-electron chi connectivity index (χ4n) is 2.63. The molecule has 0 saturated carbocycles. The molecule has 0 fully saturated rings. The summed E-state index contributed by atoms with van der Waals surface area (Å²) in [6, 6.07) is 0. The van der Waals surface area contributed by atoms with Crippen LogP contribution in [0.3, 0.4) is 0 Å². The molecular weight excluding hydrogens is 218 g/mol. The second-order valence-electron chi connectivity index (χ2n) is 6.74. The lowest BCUT2D eigenvalue weighted by Gasteiger charge is -2.21. The van der Waals surface area contributed by atoms with Crippen LogP contribution in [-0.2, 0) is 0 Å². The van der Waals surface area contributed by atoms with Crippen LogP contribution in [0.25, 0.3) is 0 Å². The molecule has 1 nitrogen and oxygen atoms in total. The summed E-state index contributed by atoms with van der Waals surface area (Å²) in [6.45, 7) is 8.89. The molecule has 0 aromatic carbocycles. The fourth-order valence-corrected chi connectivity index (χ4v) is 2.63.